The molecule has 2 aromatic rings. The van der Waals surface area contributed by atoms with E-state index in [2.05, 4.69) is 59.1 Å². The maximum absolute atomic E-state index is 11.2. The predicted molar refractivity (Wildman–Crippen MR) is 128 cm³/mol. The number of carbonyl (C=O) groups is 1. The minimum Gasteiger partial charge on any atom is -0.357 e. The molecule has 1 atom stereocenters. The van der Waals surface area contributed by atoms with E-state index in [-0.39, 0.29) is 29.9 Å². The third kappa shape index (κ3) is 9.21. The van der Waals surface area contributed by atoms with E-state index in [1.807, 2.05) is 30.3 Å². The molecule has 0 spiro atoms. The Balaban J connectivity index is 0.00000392. The van der Waals surface area contributed by atoms with E-state index in [0.29, 0.717) is 12.6 Å². The highest BCUT2D eigenvalue weighted by Gasteiger charge is 2.06. The van der Waals surface area contributed by atoms with E-state index >= 15 is 0 Å². The average Bonchev–Trinajstić information content (AvgIpc) is 2.65. The topological polar surface area (TPSA) is 65.5 Å². The molecule has 0 aromatic heterocycles. The number of halogens is 1. The van der Waals surface area contributed by atoms with Crippen molar-refractivity contribution >= 4 is 41.5 Å². The third-order valence-corrected chi connectivity index (χ3v) is 4.10. The van der Waals surface area contributed by atoms with Gasteiger partial charge in [0.25, 0.3) is 0 Å². The molecule has 2 aromatic carbocycles. The van der Waals surface area contributed by atoms with E-state index in [9.17, 15) is 4.79 Å². The van der Waals surface area contributed by atoms with Crippen LogP contribution >= 0.6 is 24.0 Å². The first-order valence-electron chi connectivity index (χ1n) is 9.52. The summed E-state index contributed by atoms with van der Waals surface area (Å²) in [7, 11) is 0. The van der Waals surface area contributed by atoms with Gasteiger partial charge in [-0.05, 0) is 49.9 Å². The molecule has 0 aliphatic heterocycles. The van der Waals surface area contributed by atoms with Crippen LogP contribution in [0.3, 0.4) is 0 Å². The van der Waals surface area contributed by atoms with Crippen LogP contribution in [0.5, 0.6) is 0 Å². The number of nitrogens with zero attached hydrogens (tertiary/aromatic N) is 1. The summed E-state index contributed by atoms with van der Waals surface area (Å²) in [6.07, 6.45) is 2.07. The molecule has 28 heavy (non-hydrogen) atoms. The molecular formula is C22H31IN4O. The second-order valence-electron chi connectivity index (χ2n) is 6.65. The van der Waals surface area contributed by atoms with E-state index < -0.39 is 0 Å². The first kappa shape index (κ1) is 23.9. The van der Waals surface area contributed by atoms with Gasteiger partial charge in [0.15, 0.2) is 5.96 Å². The lowest BCUT2D eigenvalue weighted by Crippen LogP contribution is -2.42. The van der Waals surface area contributed by atoms with Crippen molar-refractivity contribution in [1.29, 1.82) is 0 Å². The monoisotopic (exact) mass is 494 g/mol. The lowest BCUT2D eigenvalue weighted by atomic mass is 10.1. The van der Waals surface area contributed by atoms with E-state index in [4.69, 9.17) is 0 Å². The molecule has 2 rings (SSSR count). The first-order valence-corrected chi connectivity index (χ1v) is 9.52. The van der Waals surface area contributed by atoms with Crippen molar-refractivity contribution in [3.05, 3.63) is 65.7 Å². The molecule has 1 unspecified atom stereocenters. The normalized spacial score (nSPS) is 11.9. The molecule has 0 bridgehead atoms. The van der Waals surface area contributed by atoms with E-state index in [1.54, 1.807) is 0 Å². The number of hydrogen-bond donors (Lipinski definition) is 3. The summed E-state index contributed by atoms with van der Waals surface area (Å²) in [5.41, 5.74) is 3.20. The van der Waals surface area contributed by atoms with Crippen LogP contribution in [0.2, 0.25) is 0 Å². The Labute approximate surface area is 185 Å². The molecule has 3 N–H and O–H groups in total. The Bertz CT molecular complexity index is 749. The first-order chi connectivity index (χ1) is 13.1. The third-order valence-electron chi connectivity index (χ3n) is 4.10. The summed E-state index contributed by atoms with van der Waals surface area (Å²) in [5.74, 6) is 0.737. The molecule has 1 amide bonds. The minimum absolute atomic E-state index is 0. The fraction of sp³-hybridized carbons (Fsp3) is 0.364. The van der Waals surface area contributed by atoms with Gasteiger partial charge >= 0.3 is 0 Å². The fourth-order valence-electron chi connectivity index (χ4n) is 2.77. The van der Waals surface area contributed by atoms with Crippen LogP contribution in [-0.4, -0.2) is 24.5 Å². The van der Waals surface area contributed by atoms with Gasteiger partial charge in [-0.15, -0.1) is 24.0 Å². The number of anilines is 1. The highest BCUT2D eigenvalue weighted by Crippen LogP contribution is 2.11. The van der Waals surface area contributed by atoms with Crippen LogP contribution < -0.4 is 16.0 Å². The number of amides is 1. The highest BCUT2D eigenvalue weighted by atomic mass is 127. The van der Waals surface area contributed by atoms with Gasteiger partial charge in [0.05, 0.1) is 6.54 Å². The number of benzene rings is 2. The lowest BCUT2D eigenvalue weighted by molar-refractivity contribution is -0.114. The molecule has 152 valence electrons. The molecule has 0 saturated heterocycles. The summed E-state index contributed by atoms with van der Waals surface area (Å²) in [6, 6.07) is 18.6. The molecule has 0 saturated carbocycles. The van der Waals surface area contributed by atoms with E-state index in [1.165, 1.54) is 12.5 Å². The average molecular weight is 494 g/mol. The van der Waals surface area contributed by atoms with Gasteiger partial charge in [-0.3, -0.25) is 4.79 Å². The Kier molecular flexibility index (Phi) is 11.2. The minimum atomic E-state index is -0.0714. The van der Waals surface area contributed by atoms with Crippen molar-refractivity contribution in [1.82, 2.24) is 10.6 Å². The Morgan fingerprint density at radius 3 is 2.46 bits per heavy atom. The molecular weight excluding hydrogens is 463 g/mol. The number of carbonyl (C=O) groups excluding carboxylic acids is 1. The number of aryl methyl sites for hydroxylation is 1. The smallest absolute Gasteiger partial charge is 0.221 e. The van der Waals surface area contributed by atoms with Gasteiger partial charge < -0.3 is 16.0 Å². The fourth-order valence-corrected chi connectivity index (χ4v) is 2.77. The SMILES string of the molecule is CCNC(=NCc1cccc(NC(C)=O)c1)NC(C)CCc1ccccc1.I. The Morgan fingerprint density at radius 1 is 1.07 bits per heavy atom. The summed E-state index contributed by atoms with van der Waals surface area (Å²) in [5, 5.41) is 9.58. The summed E-state index contributed by atoms with van der Waals surface area (Å²) < 4.78 is 0. The standard InChI is InChI=1S/C22H30N4O.HI/c1-4-23-22(25-17(2)13-14-19-9-6-5-7-10-19)24-16-20-11-8-12-21(15-20)26-18(3)27;/h5-12,15,17H,4,13-14,16H2,1-3H3,(H,26,27)(H2,23,24,25);1H. The van der Waals surface area contributed by atoms with Crippen LogP contribution in [0, 0.1) is 0 Å². The Morgan fingerprint density at radius 2 is 1.79 bits per heavy atom. The van der Waals surface area contributed by atoms with Crippen molar-refractivity contribution in [2.45, 2.75) is 46.2 Å². The van der Waals surface area contributed by atoms with Crippen LogP contribution in [0.25, 0.3) is 0 Å². The summed E-state index contributed by atoms with van der Waals surface area (Å²) >= 11 is 0. The Hall–Kier alpha value is -2.09. The second-order valence-corrected chi connectivity index (χ2v) is 6.65. The molecule has 0 fully saturated rings. The van der Waals surface area contributed by atoms with Gasteiger partial charge in [-0.2, -0.15) is 0 Å². The van der Waals surface area contributed by atoms with Crippen molar-refractivity contribution in [2.24, 2.45) is 4.99 Å². The summed E-state index contributed by atoms with van der Waals surface area (Å²) in [4.78, 5) is 15.9. The molecule has 0 aliphatic carbocycles. The van der Waals surface area contributed by atoms with Crippen molar-refractivity contribution in [3.8, 4) is 0 Å². The zero-order valence-electron chi connectivity index (χ0n) is 16.9. The van der Waals surface area contributed by atoms with Gasteiger partial charge in [0, 0.05) is 25.2 Å². The van der Waals surface area contributed by atoms with Crippen molar-refractivity contribution in [3.63, 3.8) is 0 Å². The molecule has 0 aliphatic rings. The molecule has 0 radical (unpaired) electrons. The van der Waals surface area contributed by atoms with Gasteiger partial charge in [-0.1, -0.05) is 42.5 Å². The molecule has 6 heteroatoms. The zero-order chi connectivity index (χ0) is 19.5. The number of nitrogens with one attached hydrogen (secondary N) is 3. The van der Waals surface area contributed by atoms with Gasteiger partial charge in [0.1, 0.15) is 0 Å². The molecule has 0 heterocycles. The van der Waals surface area contributed by atoms with Gasteiger partial charge in [-0.25, -0.2) is 4.99 Å². The number of aliphatic imine (C=N–C) groups is 1. The summed E-state index contributed by atoms with van der Waals surface area (Å²) in [6.45, 7) is 7.10. The van der Waals surface area contributed by atoms with Gasteiger partial charge in [0.2, 0.25) is 5.91 Å². The largest absolute Gasteiger partial charge is 0.357 e. The van der Waals surface area contributed by atoms with Crippen LogP contribution in [-0.2, 0) is 17.8 Å². The highest BCUT2D eigenvalue weighted by molar-refractivity contribution is 14.0. The number of guanidine groups is 1. The van der Waals surface area contributed by atoms with E-state index in [0.717, 1.165) is 36.6 Å². The maximum Gasteiger partial charge on any atom is 0.221 e. The van der Waals surface area contributed by atoms with Crippen molar-refractivity contribution in [2.75, 3.05) is 11.9 Å². The predicted octanol–water partition coefficient (Wildman–Crippen LogP) is 4.34. The number of rotatable bonds is 8. The number of hydrogen-bond acceptors (Lipinski definition) is 2. The molecule has 5 nitrogen and oxygen atoms in total. The van der Waals surface area contributed by atoms with Crippen LogP contribution in [0.4, 0.5) is 5.69 Å². The van der Waals surface area contributed by atoms with Crippen molar-refractivity contribution < 1.29 is 4.79 Å². The lowest BCUT2D eigenvalue weighted by Gasteiger charge is -2.18. The quantitative estimate of drug-likeness (QED) is 0.291. The van der Waals surface area contributed by atoms with Crippen LogP contribution in [0.15, 0.2) is 59.6 Å². The zero-order valence-corrected chi connectivity index (χ0v) is 19.2. The second kappa shape index (κ2) is 13.1. The maximum atomic E-state index is 11.2. The van der Waals surface area contributed by atoms with Crippen LogP contribution in [0.1, 0.15) is 38.3 Å².